The summed E-state index contributed by atoms with van der Waals surface area (Å²) in [4.78, 5) is 12.2. The Kier molecular flexibility index (Phi) is 4.76. The van der Waals surface area contributed by atoms with Gasteiger partial charge in [0.2, 0.25) is 10.0 Å². The number of hydrogen-bond acceptors (Lipinski definition) is 3. The van der Waals surface area contributed by atoms with Crippen molar-refractivity contribution in [3.63, 3.8) is 0 Å². The first-order chi connectivity index (χ1) is 11.9. The van der Waals surface area contributed by atoms with Gasteiger partial charge in [0.15, 0.2) is 0 Å². The molecular weight excluding hydrogens is 343 g/mol. The number of carbonyl (C=O) groups excluding carboxylic acids is 1. The third-order valence-corrected chi connectivity index (χ3v) is 6.00. The predicted octanol–water partition coefficient (Wildman–Crippen LogP) is 3.18. The van der Waals surface area contributed by atoms with Gasteiger partial charge in [-0.05, 0) is 67.8 Å². The molecule has 0 radical (unpaired) electrons. The standard InChI is InChI=1S/C18H19FN2O3S/c1-2-25(23,24)21-11-3-4-14-12-16(9-10-17(14)21)20-18(22)13-5-7-15(19)8-6-13/h5-10,12H,2-4,11H2,1H3,(H,20,22). The van der Waals surface area contributed by atoms with E-state index in [9.17, 15) is 17.6 Å². The quantitative estimate of drug-likeness (QED) is 0.908. The van der Waals surface area contributed by atoms with Crippen molar-refractivity contribution in [2.45, 2.75) is 19.8 Å². The Bertz CT molecular complexity index is 895. The molecule has 5 nitrogen and oxygen atoms in total. The number of benzene rings is 2. The summed E-state index contributed by atoms with van der Waals surface area (Å²) in [5, 5.41) is 2.77. The molecule has 2 aromatic carbocycles. The Morgan fingerprint density at radius 3 is 2.60 bits per heavy atom. The molecule has 0 unspecified atom stereocenters. The maximum Gasteiger partial charge on any atom is 0.255 e. The van der Waals surface area contributed by atoms with Gasteiger partial charge in [0.05, 0.1) is 11.4 Å². The number of nitrogens with zero attached hydrogens (tertiary/aromatic N) is 1. The van der Waals surface area contributed by atoms with E-state index in [1.54, 1.807) is 25.1 Å². The lowest BCUT2D eigenvalue weighted by atomic mass is 10.0. The van der Waals surface area contributed by atoms with Crippen molar-refractivity contribution in [2.24, 2.45) is 0 Å². The number of fused-ring (bicyclic) bond motifs is 1. The zero-order valence-electron chi connectivity index (χ0n) is 13.8. The summed E-state index contributed by atoms with van der Waals surface area (Å²) in [7, 11) is -3.31. The molecule has 1 amide bonds. The van der Waals surface area contributed by atoms with E-state index in [2.05, 4.69) is 5.32 Å². The molecular formula is C18H19FN2O3S. The molecule has 1 heterocycles. The summed E-state index contributed by atoms with van der Waals surface area (Å²) in [5.41, 5.74) is 2.51. The number of rotatable bonds is 4. The van der Waals surface area contributed by atoms with Gasteiger partial charge in [-0.25, -0.2) is 12.8 Å². The molecule has 1 N–H and O–H groups in total. The van der Waals surface area contributed by atoms with Crippen LogP contribution in [0.1, 0.15) is 29.3 Å². The number of amides is 1. The largest absolute Gasteiger partial charge is 0.322 e. The van der Waals surface area contributed by atoms with E-state index in [4.69, 9.17) is 0 Å². The van der Waals surface area contributed by atoms with Crippen LogP contribution in [0.3, 0.4) is 0 Å². The lowest BCUT2D eigenvalue weighted by Crippen LogP contribution is -2.36. The van der Waals surface area contributed by atoms with Crippen LogP contribution < -0.4 is 9.62 Å². The second-order valence-electron chi connectivity index (χ2n) is 5.88. The van der Waals surface area contributed by atoms with E-state index in [-0.39, 0.29) is 11.7 Å². The van der Waals surface area contributed by atoms with Crippen LogP contribution >= 0.6 is 0 Å². The van der Waals surface area contributed by atoms with Gasteiger partial charge in [-0.2, -0.15) is 0 Å². The highest BCUT2D eigenvalue weighted by molar-refractivity contribution is 7.92. The van der Waals surface area contributed by atoms with Gasteiger partial charge >= 0.3 is 0 Å². The van der Waals surface area contributed by atoms with Crippen LogP contribution in [0, 0.1) is 5.82 Å². The van der Waals surface area contributed by atoms with Crippen molar-refractivity contribution in [2.75, 3.05) is 21.9 Å². The van der Waals surface area contributed by atoms with Crippen LogP contribution in [0.25, 0.3) is 0 Å². The van der Waals surface area contributed by atoms with Gasteiger partial charge < -0.3 is 5.32 Å². The molecule has 25 heavy (non-hydrogen) atoms. The highest BCUT2D eigenvalue weighted by Gasteiger charge is 2.26. The fourth-order valence-electron chi connectivity index (χ4n) is 2.89. The Morgan fingerprint density at radius 1 is 1.20 bits per heavy atom. The number of halogens is 1. The molecule has 1 aliphatic heterocycles. The van der Waals surface area contributed by atoms with Crippen LogP contribution in [0.2, 0.25) is 0 Å². The highest BCUT2D eigenvalue weighted by atomic mass is 32.2. The molecule has 0 aliphatic carbocycles. The molecule has 0 saturated carbocycles. The molecule has 2 aromatic rings. The van der Waals surface area contributed by atoms with Crippen LogP contribution in [0.15, 0.2) is 42.5 Å². The summed E-state index contributed by atoms with van der Waals surface area (Å²) in [5.74, 6) is -0.688. The molecule has 0 bridgehead atoms. The van der Waals surface area contributed by atoms with Crippen molar-refractivity contribution in [3.8, 4) is 0 Å². The molecule has 132 valence electrons. The summed E-state index contributed by atoms with van der Waals surface area (Å²) in [6.07, 6.45) is 1.49. The number of anilines is 2. The maximum atomic E-state index is 12.9. The van der Waals surface area contributed by atoms with E-state index < -0.39 is 15.8 Å². The Hall–Kier alpha value is -2.41. The van der Waals surface area contributed by atoms with Crippen molar-refractivity contribution in [1.82, 2.24) is 0 Å². The average molecular weight is 362 g/mol. The molecule has 3 rings (SSSR count). The summed E-state index contributed by atoms with van der Waals surface area (Å²) in [6.45, 7) is 2.10. The van der Waals surface area contributed by atoms with Crippen molar-refractivity contribution < 1.29 is 17.6 Å². The summed E-state index contributed by atoms with van der Waals surface area (Å²) < 4.78 is 38.8. The Balaban J connectivity index is 1.84. The minimum Gasteiger partial charge on any atom is -0.322 e. The third kappa shape index (κ3) is 3.66. The highest BCUT2D eigenvalue weighted by Crippen LogP contribution is 2.31. The SMILES string of the molecule is CCS(=O)(=O)N1CCCc2cc(NC(=O)c3ccc(F)cc3)ccc21. The molecule has 0 fully saturated rings. The third-order valence-electron chi connectivity index (χ3n) is 4.22. The van der Waals surface area contributed by atoms with Gasteiger partial charge in [-0.15, -0.1) is 0 Å². The van der Waals surface area contributed by atoms with E-state index in [1.807, 2.05) is 0 Å². The zero-order chi connectivity index (χ0) is 18.0. The predicted molar refractivity (Wildman–Crippen MR) is 95.9 cm³/mol. The minimum absolute atomic E-state index is 0.0511. The van der Waals surface area contributed by atoms with Gasteiger partial charge in [-0.3, -0.25) is 9.10 Å². The summed E-state index contributed by atoms with van der Waals surface area (Å²) >= 11 is 0. The zero-order valence-corrected chi connectivity index (χ0v) is 14.6. The topological polar surface area (TPSA) is 66.5 Å². The van der Waals surface area contributed by atoms with E-state index in [0.717, 1.165) is 18.4 Å². The number of sulfonamides is 1. The van der Waals surface area contributed by atoms with Crippen LogP contribution in [-0.2, 0) is 16.4 Å². The molecule has 0 saturated heterocycles. The van der Waals surface area contributed by atoms with E-state index >= 15 is 0 Å². The normalized spacial score (nSPS) is 14.1. The minimum atomic E-state index is -3.31. The van der Waals surface area contributed by atoms with Gasteiger partial charge in [0, 0.05) is 17.8 Å². The van der Waals surface area contributed by atoms with Crippen LogP contribution in [0.5, 0.6) is 0 Å². The fraction of sp³-hybridized carbons (Fsp3) is 0.278. The lowest BCUT2D eigenvalue weighted by Gasteiger charge is -2.30. The van der Waals surface area contributed by atoms with E-state index in [0.29, 0.717) is 23.5 Å². The molecule has 7 heteroatoms. The molecule has 1 aliphatic rings. The molecule has 0 spiro atoms. The first kappa shape index (κ1) is 17.4. The number of aryl methyl sites for hydroxylation is 1. The second kappa shape index (κ2) is 6.84. The molecule has 0 aromatic heterocycles. The van der Waals surface area contributed by atoms with Gasteiger partial charge in [0.1, 0.15) is 5.82 Å². The number of carbonyl (C=O) groups is 1. The number of nitrogens with one attached hydrogen (secondary N) is 1. The van der Waals surface area contributed by atoms with E-state index in [1.165, 1.54) is 28.6 Å². The molecule has 0 atom stereocenters. The maximum absolute atomic E-state index is 12.9. The van der Waals surface area contributed by atoms with Crippen molar-refractivity contribution in [1.29, 1.82) is 0 Å². The smallest absolute Gasteiger partial charge is 0.255 e. The van der Waals surface area contributed by atoms with Gasteiger partial charge in [0.25, 0.3) is 5.91 Å². The summed E-state index contributed by atoms with van der Waals surface area (Å²) in [6, 6.07) is 10.5. The Morgan fingerprint density at radius 2 is 1.92 bits per heavy atom. The monoisotopic (exact) mass is 362 g/mol. The fourth-order valence-corrected chi connectivity index (χ4v) is 4.09. The first-order valence-corrected chi connectivity index (χ1v) is 9.72. The van der Waals surface area contributed by atoms with Crippen LogP contribution in [0.4, 0.5) is 15.8 Å². The Labute approximate surface area is 146 Å². The lowest BCUT2D eigenvalue weighted by molar-refractivity contribution is 0.102. The van der Waals surface area contributed by atoms with Gasteiger partial charge in [-0.1, -0.05) is 0 Å². The number of hydrogen-bond donors (Lipinski definition) is 1. The second-order valence-corrected chi connectivity index (χ2v) is 8.06. The average Bonchev–Trinajstić information content (AvgIpc) is 2.61. The van der Waals surface area contributed by atoms with Crippen molar-refractivity contribution in [3.05, 3.63) is 59.4 Å². The van der Waals surface area contributed by atoms with Crippen molar-refractivity contribution >= 4 is 27.3 Å². The van der Waals surface area contributed by atoms with Crippen LogP contribution in [-0.4, -0.2) is 26.6 Å². The first-order valence-electron chi connectivity index (χ1n) is 8.11.